The minimum atomic E-state index is 0.168. The van der Waals surface area contributed by atoms with Crippen molar-refractivity contribution in [2.75, 3.05) is 25.9 Å². The van der Waals surface area contributed by atoms with Crippen LogP contribution in [0.25, 0.3) is 22.4 Å². The highest BCUT2D eigenvalue weighted by Gasteiger charge is 2.22. The Hall–Kier alpha value is -2.93. The Morgan fingerprint density at radius 2 is 1.81 bits per heavy atom. The summed E-state index contributed by atoms with van der Waals surface area (Å²) in [5.74, 6) is 0.529. The highest BCUT2D eigenvalue weighted by molar-refractivity contribution is 5.79. The van der Waals surface area contributed by atoms with Gasteiger partial charge in [0.2, 0.25) is 0 Å². The van der Waals surface area contributed by atoms with Gasteiger partial charge >= 0.3 is 0 Å². The first-order valence-electron chi connectivity index (χ1n) is 9.19. The zero-order chi connectivity index (χ0) is 19.0. The average molecular weight is 364 g/mol. The monoisotopic (exact) mass is 364 g/mol. The van der Waals surface area contributed by atoms with E-state index in [4.69, 9.17) is 5.73 Å². The maximum atomic E-state index is 10.1. The molecule has 1 aliphatic heterocycles. The Kier molecular flexibility index (Phi) is 4.53. The molecule has 0 amide bonds. The van der Waals surface area contributed by atoms with Crippen LogP contribution in [0.5, 0.6) is 5.75 Å². The number of benzene rings is 1. The first kappa shape index (κ1) is 17.5. The summed E-state index contributed by atoms with van der Waals surface area (Å²) in [6.45, 7) is 4.23. The molecule has 1 aliphatic rings. The van der Waals surface area contributed by atoms with Crippen LogP contribution < -0.4 is 5.73 Å². The highest BCUT2D eigenvalue weighted by Crippen LogP contribution is 2.34. The van der Waals surface area contributed by atoms with Gasteiger partial charge in [-0.2, -0.15) is 5.10 Å². The SMILES string of the molecule is Cc1c(-c2cc(-c3ccccc3O)nnc2N)cnn1C1CCN(C)CC1. The molecule has 140 valence electrons. The molecule has 4 rings (SSSR count). The summed E-state index contributed by atoms with van der Waals surface area (Å²) < 4.78 is 2.11. The molecule has 0 atom stereocenters. The Bertz CT molecular complexity index is 959. The molecule has 0 unspecified atom stereocenters. The van der Waals surface area contributed by atoms with Crippen LogP contribution in [0.15, 0.2) is 36.5 Å². The largest absolute Gasteiger partial charge is 0.507 e. The number of hydrogen-bond acceptors (Lipinski definition) is 6. The Morgan fingerprint density at radius 1 is 1.07 bits per heavy atom. The summed E-state index contributed by atoms with van der Waals surface area (Å²) in [4.78, 5) is 2.35. The fourth-order valence-corrected chi connectivity index (χ4v) is 3.73. The summed E-state index contributed by atoms with van der Waals surface area (Å²) in [6, 6.07) is 9.37. The number of phenolic OH excluding ortho intramolecular Hbond substituents is 1. The maximum Gasteiger partial charge on any atom is 0.154 e. The number of piperidine rings is 1. The van der Waals surface area contributed by atoms with Gasteiger partial charge in [0.1, 0.15) is 5.75 Å². The lowest BCUT2D eigenvalue weighted by atomic mass is 10.0. The van der Waals surface area contributed by atoms with Gasteiger partial charge in [-0.15, -0.1) is 10.2 Å². The normalized spacial score (nSPS) is 15.9. The number of aromatic hydroxyl groups is 1. The van der Waals surface area contributed by atoms with E-state index in [2.05, 4.69) is 38.8 Å². The number of anilines is 1. The second-order valence-corrected chi connectivity index (χ2v) is 7.17. The third-order valence-electron chi connectivity index (χ3n) is 5.37. The maximum absolute atomic E-state index is 10.1. The Balaban J connectivity index is 1.72. The quantitative estimate of drug-likeness (QED) is 0.742. The Morgan fingerprint density at radius 3 is 2.56 bits per heavy atom. The smallest absolute Gasteiger partial charge is 0.154 e. The molecule has 1 fully saturated rings. The van der Waals surface area contributed by atoms with Crippen LogP contribution in [0.1, 0.15) is 24.6 Å². The minimum Gasteiger partial charge on any atom is -0.507 e. The molecule has 1 saturated heterocycles. The van der Waals surface area contributed by atoms with Gasteiger partial charge in [-0.1, -0.05) is 12.1 Å². The molecule has 0 aliphatic carbocycles. The van der Waals surface area contributed by atoms with E-state index in [1.807, 2.05) is 24.4 Å². The number of phenols is 1. The van der Waals surface area contributed by atoms with Gasteiger partial charge in [0, 0.05) is 22.4 Å². The third-order valence-corrected chi connectivity index (χ3v) is 5.37. The number of hydrogen-bond donors (Lipinski definition) is 2. The summed E-state index contributed by atoms with van der Waals surface area (Å²) in [7, 11) is 2.15. The van der Waals surface area contributed by atoms with Crippen molar-refractivity contribution in [1.82, 2.24) is 24.9 Å². The van der Waals surface area contributed by atoms with Gasteiger partial charge in [0.25, 0.3) is 0 Å². The number of nitrogens with two attached hydrogens (primary N) is 1. The number of para-hydroxylation sites is 1. The molecule has 1 aromatic carbocycles. The van der Waals surface area contributed by atoms with Crippen LogP contribution in [-0.4, -0.2) is 50.1 Å². The lowest BCUT2D eigenvalue weighted by Crippen LogP contribution is -2.32. The molecule has 0 radical (unpaired) electrons. The predicted octanol–water partition coefficient (Wildman–Crippen LogP) is 2.87. The van der Waals surface area contributed by atoms with Gasteiger partial charge in [-0.05, 0) is 58.1 Å². The van der Waals surface area contributed by atoms with E-state index in [9.17, 15) is 5.11 Å². The van der Waals surface area contributed by atoms with Crippen LogP contribution in [0.2, 0.25) is 0 Å². The van der Waals surface area contributed by atoms with Crippen molar-refractivity contribution in [1.29, 1.82) is 0 Å². The first-order valence-corrected chi connectivity index (χ1v) is 9.19. The molecular weight excluding hydrogens is 340 g/mol. The van der Waals surface area contributed by atoms with E-state index in [0.717, 1.165) is 42.8 Å². The van der Waals surface area contributed by atoms with Crippen molar-refractivity contribution in [2.45, 2.75) is 25.8 Å². The number of rotatable bonds is 3. The van der Waals surface area contributed by atoms with Crippen molar-refractivity contribution in [3.63, 3.8) is 0 Å². The van der Waals surface area contributed by atoms with Crippen molar-refractivity contribution in [3.8, 4) is 28.1 Å². The van der Waals surface area contributed by atoms with Gasteiger partial charge in [0.15, 0.2) is 5.82 Å². The third kappa shape index (κ3) is 3.26. The van der Waals surface area contributed by atoms with Gasteiger partial charge in [0.05, 0.1) is 17.9 Å². The second-order valence-electron chi connectivity index (χ2n) is 7.17. The fourth-order valence-electron chi connectivity index (χ4n) is 3.73. The molecule has 7 heteroatoms. The lowest BCUT2D eigenvalue weighted by Gasteiger charge is -2.29. The minimum absolute atomic E-state index is 0.168. The van der Waals surface area contributed by atoms with Crippen LogP contribution in [0.3, 0.4) is 0 Å². The number of likely N-dealkylation sites (tertiary alicyclic amines) is 1. The summed E-state index contributed by atoms with van der Waals surface area (Å²) in [5.41, 5.74) is 10.2. The van der Waals surface area contributed by atoms with E-state index in [1.54, 1.807) is 12.1 Å². The van der Waals surface area contributed by atoms with E-state index in [1.165, 1.54) is 0 Å². The molecule has 7 nitrogen and oxygen atoms in total. The molecule has 0 saturated carbocycles. The topological polar surface area (TPSA) is 93.1 Å². The summed E-state index contributed by atoms with van der Waals surface area (Å²) in [6.07, 6.45) is 4.03. The van der Waals surface area contributed by atoms with Crippen LogP contribution in [0.4, 0.5) is 5.82 Å². The first-order chi connectivity index (χ1) is 13.0. The van der Waals surface area contributed by atoms with E-state index < -0.39 is 0 Å². The molecule has 0 spiro atoms. The van der Waals surface area contributed by atoms with E-state index in [0.29, 0.717) is 23.1 Å². The summed E-state index contributed by atoms with van der Waals surface area (Å²) >= 11 is 0. The van der Waals surface area contributed by atoms with Gasteiger partial charge in [-0.3, -0.25) is 4.68 Å². The van der Waals surface area contributed by atoms with Crippen molar-refractivity contribution >= 4 is 5.82 Å². The zero-order valence-corrected chi connectivity index (χ0v) is 15.6. The zero-order valence-electron chi connectivity index (χ0n) is 15.6. The van der Waals surface area contributed by atoms with Crippen LogP contribution >= 0.6 is 0 Å². The van der Waals surface area contributed by atoms with Crippen LogP contribution in [-0.2, 0) is 0 Å². The molecule has 27 heavy (non-hydrogen) atoms. The van der Waals surface area contributed by atoms with E-state index in [-0.39, 0.29) is 5.75 Å². The second kappa shape index (κ2) is 7.00. The van der Waals surface area contributed by atoms with Crippen molar-refractivity contribution in [3.05, 3.63) is 42.2 Å². The Labute approximate surface area is 158 Å². The van der Waals surface area contributed by atoms with Gasteiger partial charge in [-0.25, -0.2) is 0 Å². The van der Waals surface area contributed by atoms with Crippen molar-refractivity contribution < 1.29 is 5.11 Å². The fraction of sp³-hybridized carbons (Fsp3) is 0.350. The van der Waals surface area contributed by atoms with E-state index >= 15 is 0 Å². The van der Waals surface area contributed by atoms with Crippen LogP contribution in [0, 0.1) is 6.92 Å². The standard InChI is InChI=1S/C20H24N6O/c1-13-17(12-22-26(13)14-7-9-25(2)10-8-14)16-11-18(23-24-20(16)21)15-5-3-4-6-19(15)27/h3-6,11-12,14,27H,7-10H2,1-2H3,(H2,21,24). The predicted molar refractivity (Wildman–Crippen MR) is 105 cm³/mol. The number of nitrogens with zero attached hydrogens (tertiary/aromatic N) is 5. The lowest BCUT2D eigenvalue weighted by molar-refractivity contribution is 0.210. The molecular formula is C20H24N6O. The molecule has 0 bridgehead atoms. The van der Waals surface area contributed by atoms with Crippen molar-refractivity contribution in [2.24, 2.45) is 0 Å². The van der Waals surface area contributed by atoms with Gasteiger partial charge < -0.3 is 15.7 Å². The average Bonchev–Trinajstić information content (AvgIpc) is 3.05. The molecule has 3 aromatic rings. The molecule has 3 heterocycles. The highest BCUT2D eigenvalue weighted by atomic mass is 16.3. The molecule has 2 aromatic heterocycles. The molecule has 3 N–H and O–H groups in total. The number of aromatic nitrogens is 4. The number of nitrogen functional groups attached to an aromatic ring is 1. The summed E-state index contributed by atoms with van der Waals surface area (Å²) in [5, 5.41) is 23.1.